The lowest BCUT2D eigenvalue weighted by molar-refractivity contribution is -0.137. The molecule has 6 heterocycles. The first-order valence-corrected chi connectivity index (χ1v) is 14.9. The molecule has 0 bridgehead atoms. The predicted molar refractivity (Wildman–Crippen MR) is 153 cm³/mol. The number of halogens is 6. The molecule has 4 aliphatic rings. The summed E-state index contributed by atoms with van der Waals surface area (Å²) in [5.74, 6) is -0.517. The highest BCUT2D eigenvalue weighted by atomic mass is 35.5. The van der Waals surface area contributed by atoms with Crippen molar-refractivity contribution in [3.8, 4) is 17.3 Å². The molecule has 4 aliphatic heterocycles. The molecule has 3 unspecified atom stereocenters. The van der Waals surface area contributed by atoms with E-state index in [1.807, 2.05) is 4.90 Å². The fourth-order valence-electron chi connectivity index (χ4n) is 7.41. The van der Waals surface area contributed by atoms with E-state index in [0.717, 1.165) is 38.4 Å². The van der Waals surface area contributed by atoms with E-state index in [0.29, 0.717) is 43.8 Å². The molecule has 4 atom stereocenters. The number of nitrogen functional groups attached to an aromatic ring is 1. The van der Waals surface area contributed by atoms with Gasteiger partial charge in [0.1, 0.15) is 29.9 Å². The third kappa shape index (κ3) is 4.83. The van der Waals surface area contributed by atoms with E-state index in [9.17, 15) is 17.6 Å². The van der Waals surface area contributed by atoms with E-state index >= 15 is 4.39 Å². The first kappa shape index (κ1) is 28.7. The van der Waals surface area contributed by atoms with Gasteiger partial charge in [0.2, 0.25) is 0 Å². The van der Waals surface area contributed by atoms with Crippen LogP contribution in [0.5, 0.6) is 6.01 Å². The summed E-state index contributed by atoms with van der Waals surface area (Å²) in [5, 5.41) is 3.39. The summed E-state index contributed by atoms with van der Waals surface area (Å²) < 4.78 is 79.6. The summed E-state index contributed by atoms with van der Waals surface area (Å²) in [6.07, 6.45) is -2.98. The smallest absolute Gasteiger partial charge is 0.418 e. The number of alkyl halides is 4. The topological polar surface area (TPSA) is 92.4 Å². The average Bonchev–Trinajstić information content (AvgIpc) is 3.42. The Kier molecular flexibility index (Phi) is 6.86. The highest BCUT2D eigenvalue weighted by Crippen LogP contribution is 2.45. The Labute approximate surface area is 249 Å². The highest BCUT2D eigenvalue weighted by Gasteiger charge is 2.49. The first-order chi connectivity index (χ1) is 20.4. The summed E-state index contributed by atoms with van der Waals surface area (Å²) in [4.78, 5) is 17.1. The Balaban J connectivity index is 1.37. The maximum absolute atomic E-state index is 16.6. The van der Waals surface area contributed by atoms with E-state index in [2.05, 4.69) is 25.2 Å². The van der Waals surface area contributed by atoms with E-state index in [1.165, 1.54) is 13.0 Å². The van der Waals surface area contributed by atoms with Crippen LogP contribution in [0.4, 0.5) is 33.6 Å². The first-order valence-electron chi connectivity index (χ1n) is 14.5. The van der Waals surface area contributed by atoms with Crippen molar-refractivity contribution in [2.45, 2.75) is 56.5 Å². The Morgan fingerprint density at radius 1 is 1.19 bits per heavy atom. The normalized spacial score (nSPS) is 27.3. The highest BCUT2D eigenvalue weighted by molar-refractivity contribution is 6.34. The molecule has 0 radical (unpaired) electrons. The zero-order chi connectivity index (χ0) is 30.3. The van der Waals surface area contributed by atoms with Gasteiger partial charge in [0.25, 0.3) is 0 Å². The van der Waals surface area contributed by atoms with Gasteiger partial charge in [-0.1, -0.05) is 11.6 Å². The molecule has 1 aromatic carbocycles. The second-order valence-corrected chi connectivity index (χ2v) is 12.6. The molecule has 0 spiro atoms. The van der Waals surface area contributed by atoms with Crippen LogP contribution >= 0.6 is 11.6 Å². The van der Waals surface area contributed by atoms with Gasteiger partial charge in [0.15, 0.2) is 5.82 Å². The third-order valence-corrected chi connectivity index (χ3v) is 9.80. The number of nitrogens with one attached hydrogen (secondary N) is 1. The lowest BCUT2D eigenvalue weighted by Gasteiger charge is -2.46. The Morgan fingerprint density at radius 2 is 2.00 bits per heavy atom. The van der Waals surface area contributed by atoms with Crippen LogP contribution in [0, 0.1) is 18.7 Å². The van der Waals surface area contributed by atoms with Crippen LogP contribution < -0.4 is 20.7 Å². The molecule has 4 fully saturated rings. The third-order valence-electron chi connectivity index (χ3n) is 9.51. The number of benzene rings is 1. The molecule has 3 N–H and O–H groups in total. The van der Waals surface area contributed by atoms with Crippen molar-refractivity contribution in [1.82, 2.24) is 25.2 Å². The van der Waals surface area contributed by atoms with Crippen molar-refractivity contribution in [2.75, 3.05) is 50.0 Å². The molecule has 14 heteroatoms. The van der Waals surface area contributed by atoms with Crippen molar-refractivity contribution in [3.05, 3.63) is 34.1 Å². The van der Waals surface area contributed by atoms with Gasteiger partial charge in [-0.15, -0.1) is 0 Å². The van der Waals surface area contributed by atoms with Crippen LogP contribution in [-0.2, 0) is 6.18 Å². The number of fused-ring (bicyclic) bond motifs is 3. The molecule has 2 aromatic heterocycles. The molecule has 230 valence electrons. The van der Waals surface area contributed by atoms with Gasteiger partial charge < -0.3 is 20.7 Å². The molecule has 0 aliphatic carbocycles. The molecule has 7 rings (SSSR count). The van der Waals surface area contributed by atoms with Crippen LogP contribution in [0.1, 0.15) is 36.8 Å². The van der Waals surface area contributed by atoms with Crippen LogP contribution in [0.15, 0.2) is 12.1 Å². The van der Waals surface area contributed by atoms with E-state index in [1.54, 1.807) is 0 Å². The fraction of sp³-hybridized carbons (Fsp3) is 0.552. The maximum Gasteiger partial charge on any atom is 0.418 e. The van der Waals surface area contributed by atoms with Crippen molar-refractivity contribution in [2.24, 2.45) is 5.92 Å². The van der Waals surface area contributed by atoms with Crippen molar-refractivity contribution >= 4 is 34.1 Å². The Bertz CT molecular complexity index is 1610. The van der Waals surface area contributed by atoms with Gasteiger partial charge in [0.05, 0.1) is 27.4 Å². The van der Waals surface area contributed by atoms with Crippen molar-refractivity contribution < 1.29 is 26.7 Å². The molecule has 3 aromatic rings. The number of aryl methyl sites for hydroxylation is 1. The molecule has 0 saturated carbocycles. The Hall–Kier alpha value is -3.03. The summed E-state index contributed by atoms with van der Waals surface area (Å²) >= 11 is 6.56. The number of anilines is 2. The maximum atomic E-state index is 16.6. The Morgan fingerprint density at radius 3 is 2.72 bits per heavy atom. The van der Waals surface area contributed by atoms with Crippen molar-refractivity contribution in [1.29, 1.82) is 0 Å². The largest absolute Gasteiger partial charge is 0.461 e. The summed E-state index contributed by atoms with van der Waals surface area (Å²) in [6.45, 7) is 4.57. The standard InChI is InChI=1S/C29H31ClF5N7O/c1-14-7-20(36)38-25(22(14)29(33,34)35)21-18(30)8-17-24(23(21)32)39-27(40-26(17)41-6-3-19-15(11-41)10-37-19)43-13-28-4-2-5-42(28)12-16(31)9-28/h7-8,15-16,19,37H,2-6,9-13H2,1H3,(H2,36,38)/t15?,16?,19?,28-/m1/s1. The van der Waals surface area contributed by atoms with Crippen LogP contribution in [0.2, 0.25) is 5.02 Å². The molecule has 8 nitrogen and oxygen atoms in total. The van der Waals surface area contributed by atoms with Crippen LogP contribution in [-0.4, -0.2) is 76.9 Å². The predicted octanol–water partition coefficient (Wildman–Crippen LogP) is 5.15. The second kappa shape index (κ2) is 10.3. The minimum absolute atomic E-state index is 0.114. The molecular formula is C29H31ClF5N7O. The van der Waals surface area contributed by atoms with Crippen LogP contribution in [0.3, 0.4) is 0 Å². The van der Waals surface area contributed by atoms with Gasteiger partial charge in [-0.2, -0.15) is 23.1 Å². The SMILES string of the molecule is Cc1cc(N)nc(-c2c(Cl)cc3c(N4CCC5NCC5C4)nc(OC[C@]45CCCN4CC(F)C5)nc3c2F)c1C(F)(F)F. The average molecular weight is 624 g/mol. The number of rotatable bonds is 5. The fourth-order valence-corrected chi connectivity index (χ4v) is 7.69. The second-order valence-electron chi connectivity index (χ2n) is 12.2. The van der Waals surface area contributed by atoms with Gasteiger partial charge in [0, 0.05) is 49.9 Å². The monoisotopic (exact) mass is 623 g/mol. The number of nitrogens with two attached hydrogens (primary N) is 1. The van der Waals surface area contributed by atoms with Gasteiger partial charge in [-0.3, -0.25) is 4.90 Å². The minimum atomic E-state index is -4.85. The number of piperidine rings is 1. The van der Waals surface area contributed by atoms with Gasteiger partial charge >= 0.3 is 12.2 Å². The molecule has 0 amide bonds. The number of aromatic nitrogens is 3. The van der Waals surface area contributed by atoms with E-state index in [4.69, 9.17) is 22.1 Å². The number of hydrogen-bond acceptors (Lipinski definition) is 8. The lowest BCUT2D eigenvalue weighted by Crippen LogP contribution is -2.61. The molecule has 4 saturated heterocycles. The number of nitrogens with zero attached hydrogens (tertiary/aromatic N) is 5. The number of ether oxygens (including phenoxy) is 1. The summed E-state index contributed by atoms with van der Waals surface area (Å²) in [7, 11) is 0. The molecular weight excluding hydrogens is 593 g/mol. The van der Waals surface area contributed by atoms with Crippen LogP contribution in [0.25, 0.3) is 22.2 Å². The number of pyridine rings is 1. The zero-order valence-electron chi connectivity index (χ0n) is 23.4. The molecule has 43 heavy (non-hydrogen) atoms. The summed E-state index contributed by atoms with van der Waals surface area (Å²) in [6, 6.07) is 2.75. The van der Waals surface area contributed by atoms with Crippen molar-refractivity contribution in [3.63, 3.8) is 0 Å². The van der Waals surface area contributed by atoms with E-state index < -0.39 is 40.5 Å². The lowest BCUT2D eigenvalue weighted by atomic mass is 9.85. The van der Waals surface area contributed by atoms with Gasteiger partial charge in [-0.05, 0) is 50.4 Å². The zero-order valence-corrected chi connectivity index (χ0v) is 24.2. The number of hydrogen-bond donors (Lipinski definition) is 2. The van der Waals surface area contributed by atoms with E-state index in [-0.39, 0.29) is 39.9 Å². The quantitative estimate of drug-likeness (QED) is 0.377. The summed E-state index contributed by atoms with van der Waals surface area (Å²) in [5.41, 5.74) is 2.48. The minimum Gasteiger partial charge on any atom is -0.461 e. The van der Waals surface area contributed by atoms with Gasteiger partial charge in [-0.25, -0.2) is 13.8 Å².